The van der Waals surface area contributed by atoms with Gasteiger partial charge in [0.15, 0.2) is 18.9 Å². The molecule has 1 amide bonds. The maximum Gasteiger partial charge on any atom is 0.222 e. The van der Waals surface area contributed by atoms with E-state index >= 15 is 0 Å². The van der Waals surface area contributed by atoms with Crippen LogP contribution in [0.25, 0.3) is 0 Å². The second-order valence-electron chi connectivity index (χ2n) is 34.3. The zero-order valence-electron chi connectivity index (χ0n) is 78.2. The third-order valence-corrected chi connectivity index (χ3v) is 23.6. The van der Waals surface area contributed by atoms with Crippen molar-refractivity contribution in [3.63, 3.8) is 0 Å². The molecule has 6 rings (SSSR count). The Bertz CT molecular complexity index is 2920. The molecule has 6 aliphatic heterocycles. The minimum absolute atomic E-state index is 0.0424. The molecule has 0 spiro atoms. The fourth-order valence-electron chi connectivity index (χ4n) is 15.2. The number of nitrogens with one attached hydrogen (secondary N) is 7. The maximum absolute atomic E-state index is 13.2. The van der Waals surface area contributed by atoms with Crippen LogP contribution in [-0.2, 0) is 105 Å². The zero-order chi connectivity index (χ0) is 96.1. The van der Waals surface area contributed by atoms with E-state index in [9.17, 15) is 90.0 Å². The van der Waals surface area contributed by atoms with Gasteiger partial charge in [0, 0.05) is 113 Å². The summed E-state index contributed by atoms with van der Waals surface area (Å²) in [6, 6.07) is 0. The zero-order valence-corrected chi connectivity index (χ0v) is 78.2. The lowest BCUT2D eigenvalue weighted by Gasteiger charge is -2.39. The highest BCUT2D eigenvalue weighted by Crippen LogP contribution is 2.40. The third kappa shape index (κ3) is 48.4. The van der Waals surface area contributed by atoms with Crippen molar-refractivity contribution < 1.29 is 166 Å². The van der Waals surface area contributed by atoms with Gasteiger partial charge in [-0.2, -0.15) is 0 Å². The van der Waals surface area contributed by atoms with Crippen molar-refractivity contribution in [1.82, 2.24) is 53.2 Å². The van der Waals surface area contributed by atoms with Crippen molar-refractivity contribution in [2.24, 2.45) is 11.3 Å². The molecule has 0 bridgehead atoms. The fraction of sp³-hybridized carbons (Fsp3) is 0.865. The summed E-state index contributed by atoms with van der Waals surface area (Å²) in [4.78, 5) is 78.1. The number of hydrazine groups is 6. The molecule has 6 unspecified atom stereocenters. The van der Waals surface area contributed by atoms with E-state index in [0.29, 0.717) is 234 Å². The SMILES string of the molecule is CC(C)C(CCCCC(=O)CCCCCC(=O)CCC1=CN(CCOCCOCCOCCO[C@H]2OC(CO)[C@@H](O)[C@H](O)C2O)NN1)(CCCCC(=O)CCCCCC(=O)CCC1=CN(CCOCCOCCOCCO[C@H]2OC(CO)[C@@H](O)[C@H](O)C2O)NN1)COCCC(=O)NCCCCC(=O)CCC1=CN(CCOCCOCCOCCO[C@H]2OC(CO)[C@@H](O)[C@H](O)C2O)NN1. The monoisotopic (exact) mass is 1910 g/mol. The molecule has 6 heterocycles. The number of unbranched alkanes of at least 4 members (excludes halogenated alkanes) is 7. The first-order chi connectivity index (χ1) is 64.4. The van der Waals surface area contributed by atoms with E-state index in [1.165, 1.54) is 0 Å². The lowest BCUT2D eigenvalue weighted by molar-refractivity contribution is -0.302. The summed E-state index contributed by atoms with van der Waals surface area (Å²) in [5.74, 6) is 0.932. The molecule has 6 aliphatic rings. The number of amides is 1. The predicted molar refractivity (Wildman–Crippen MR) is 475 cm³/mol. The number of aliphatic hydroxyl groups excluding tert-OH is 12. The largest absolute Gasteiger partial charge is 0.394 e. The van der Waals surface area contributed by atoms with Gasteiger partial charge < -0.3 is 159 Å². The molecule has 0 radical (unpaired) electrons. The second kappa shape index (κ2) is 70.3. The van der Waals surface area contributed by atoms with Gasteiger partial charge in [-0.05, 0) is 94.8 Å². The topological polar surface area (TPSA) is 587 Å². The van der Waals surface area contributed by atoms with Crippen LogP contribution >= 0.6 is 0 Å². The van der Waals surface area contributed by atoms with Crippen LogP contribution in [0.3, 0.4) is 0 Å². The van der Waals surface area contributed by atoms with Gasteiger partial charge in [0.2, 0.25) is 5.91 Å². The summed E-state index contributed by atoms with van der Waals surface area (Å²) in [6.07, 6.45) is 2.10. The number of carbonyl (C=O) groups is 6. The summed E-state index contributed by atoms with van der Waals surface area (Å²) >= 11 is 0. The number of ketones is 5. The Morgan fingerprint density at radius 3 is 0.895 bits per heavy atom. The number of Topliss-reactive ketones (excluding diaryl/α,β-unsaturated/α-hetero) is 5. The van der Waals surface area contributed by atoms with Crippen LogP contribution in [0.15, 0.2) is 35.7 Å². The molecule has 0 aromatic rings. The fourth-order valence-corrected chi connectivity index (χ4v) is 15.2. The Labute approximate surface area is 781 Å². The second-order valence-corrected chi connectivity index (χ2v) is 34.3. The smallest absolute Gasteiger partial charge is 0.222 e. The number of rotatable bonds is 84. The number of allylic oxidation sites excluding steroid dienone is 3. The molecule has 19 N–H and O–H groups in total. The van der Waals surface area contributed by atoms with E-state index in [-0.39, 0.29) is 119 Å². The molecule has 3 saturated heterocycles. The molecule has 44 heteroatoms. The minimum Gasteiger partial charge on any atom is -0.394 e. The van der Waals surface area contributed by atoms with Crippen LogP contribution in [-0.4, -0.2) is 401 Å². The Kier molecular flexibility index (Phi) is 61.4. The molecule has 15 atom stereocenters. The average molecular weight is 1910 g/mol. The number of ether oxygens (including phenoxy) is 16. The van der Waals surface area contributed by atoms with Crippen molar-refractivity contribution in [2.45, 2.75) is 286 Å². The van der Waals surface area contributed by atoms with E-state index in [0.717, 1.165) is 68.5 Å². The van der Waals surface area contributed by atoms with Crippen LogP contribution in [0.4, 0.5) is 0 Å². The number of hydrogen-bond acceptors (Lipinski definition) is 43. The number of aliphatic hydroxyl groups is 12. The highest BCUT2D eigenvalue weighted by Gasteiger charge is 2.47. The third-order valence-electron chi connectivity index (χ3n) is 23.6. The van der Waals surface area contributed by atoms with Crippen LogP contribution in [0.1, 0.15) is 194 Å². The van der Waals surface area contributed by atoms with E-state index in [1.54, 1.807) is 0 Å². The standard InChI is InChI=1S/C89H160N10O34/c1-64(2)89(29-12-9-19-68(103)15-5-3-7-17-70(105)25-22-65-57-97(94-91-65)32-36-118-39-42-121-45-48-124-51-54-128-86-83(115)80(112)77(109)73(60-100)131-86,30-13-10-20-69(104)16-6-4-8-18-71(106)26-23-66-58-98(95-92-66)33-37-119-40-43-122-46-49-125-52-55-129-87-84(116)81(113)78(110)74(61-101)132-87)63-127-35-28-76(108)90-31-14-11-21-72(107)27-24-67-59-99(96-93-67)34-38-120-41-44-123-47-50-126-53-56-130-88-85(117)82(114)79(111)75(62-102)133-88/h57-59,64,73-75,77-88,91-96,100-102,109-117H,3-56,60-63H2,1-2H3,(H,90,108)/t73?,74?,75?,77-,78-,79-,80+,81+,82+,83?,84?,85?,86+,87+,88+,89?/m1/s1. The van der Waals surface area contributed by atoms with Crippen LogP contribution in [0, 0.1) is 11.3 Å². The molecule has 3 fully saturated rings. The molecule has 0 aliphatic carbocycles. The first kappa shape index (κ1) is 116. The Morgan fingerprint density at radius 2 is 0.602 bits per heavy atom. The van der Waals surface area contributed by atoms with Gasteiger partial charge in [0.1, 0.15) is 102 Å². The van der Waals surface area contributed by atoms with Crippen molar-refractivity contribution >= 4 is 34.8 Å². The molecule has 0 saturated carbocycles. The van der Waals surface area contributed by atoms with E-state index in [4.69, 9.17) is 75.8 Å². The van der Waals surface area contributed by atoms with Crippen molar-refractivity contribution in [2.75, 3.05) is 198 Å². The summed E-state index contributed by atoms with van der Waals surface area (Å²) in [7, 11) is 0. The van der Waals surface area contributed by atoms with Gasteiger partial charge >= 0.3 is 0 Å². The van der Waals surface area contributed by atoms with Gasteiger partial charge in [-0.1, -0.05) is 39.5 Å². The van der Waals surface area contributed by atoms with E-state index < -0.39 is 112 Å². The molecule has 44 nitrogen and oxygen atoms in total. The first-order valence-electron chi connectivity index (χ1n) is 47.8. The lowest BCUT2D eigenvalue weighted by atomic mass is 9.70. The molecule has 133 heavy (non-hydrogen) atoms. The van der Waals surface area contributed by atoms with E-state index in [1.807, 2.05) is 33.6 Å². The van der Waals surface area contributed by atoms with Gasteiger partial charge in [0.05, 0.1) is 191 Å². The van der Waals surface area contributed by atoms with E-state index in [2.05, 4.69) is 52.0 Å². The van der Waals surface area contributed by atoms with Gasteiger partial charge in [0.25, 0.3) is 0 Å². The summed E-state index contributed by atoms with van der Waals surface area (Å²) in [5.41, 5.74) is 20.9. The molecular formula is C89H160N10O34. The molecular weight excluding hydrogens is 1750 g/mol. The summed E-state index contributed by atoms with van der Waals surface area (Å²) in [5, 5.41) is 126. The van der Waals surface area contributed by atoms with Crippen molar-refractivity contribution in [1.29, 1.82) is 0 Å². The Balaban J connectivity index is 0.786. The van der Waals surface area contributed by atoms with Crippen LogP contribution in [0.2, 0.25) is 0 Å². The quantitative estimate of drug-likeness (QED) is 0.0312. The number of carbonyl (C=O) groups excluding carboxylic acids is 6. The van der Waals surface area contributed by atoms with Crippen molar-refractivity contribution in [3.05, 3.63) is 35.7 Å². The maximum atomic E-state index is 13.2. The average Bonchev–Trinajstić information content (AvgIpc) is 1.22. The highest BCUT2D eigenvalue weighted by molar-refractivity contribution is 5.80. The minimum atomic E-state index is -1.52. The van der Waals surface area contributed by atoms with Gasteiger partial charge in [-0.25, -0.2) is 0 Å². The number of hydrogen-bond donors (Lipinski definition) is 19. The predicted octanol–water partition coefficient (Wildman–Crippen LogP) is -1.37. The van der Waals surface area contributed by atoms with Crippen LogP contribution < -0.4 is 38.2 Å². The molecule has 770 valence electrons. The lowest BCUT2D eigenvalue weighted by Crippen LogP contribution is -2.59. The molecule has 0 aromatic carbocycles. The Morgan fingerprint density at radius 1 is 0.331 bits per heavy atom. The first-order valence-corrected chi connectivity index (χ1v) is 47.8. The van der Waals surface area contributed by atoms with Crippen LogP contribution in [0.5, 0.6) is 0 Å². The summed E-state index contributed by atoms with van der Waals surface area (Å²) in [6.45, 7) is 11.4. The van der Waals surface area contributed by atoms with Gasteiger partial charge in [-0.15, -0.1) is 16.6 Å². The normalized spacial score (nSPS) is 24.2. The number of nitrogens with zero attached hydrogens (tertiary/aromatic N) is 3. The van der Waals surface area contributed by atoms with Gasteiger partial charge in [-0.3, -0.25) is 43.8 Å². The summed E-state index contributed by atoms with van der Waals surface area (Å²) < 4.78 is 88.6. The highest BCUT2D eigenvalue weighted by atomic mass is 16.7. The van der Waals surface area contributed by atoms with Crippen molar-refractivity contribution in [3.8, 4) is 0 Å². The molecule has 0 aromatic heterocycles. The Hall–Kier alpha value is -5.40.